The van der Waals surface area contributed by atoms with E-state index < -0.39 is 29.7 Å². The number of fused-ring (bicyclic) bond motifs is 1. The first-order valence-corrected chi connectivity index (χ1v) is 12.1. The van der Waals surface area contributed by atoms with E-state index in [1.807, 2.05) is 0 Å². The van der Waals surface area contributed by atoms with E-state index in [9.17, 15) is 33.0 Å². The van der Waals surface area contributed by atoms with Crippen LogP contribution in [0.1, 0.15) is 43.1 Å². The molecule has 3 N–H and O–H groups in total. The monoisotopic (exact) mass is 550 g/mol. The molecule has 0 aliphatic heterocycles. The molecule has 10 heteroatoms. The molecular formula is C30H25F3N2O5. The molecule has 0 aliphatic rings. The SMILES string of the molecule is COC[C@@H](Cc1ccc(O)cc1)NC(=O)c1cc(C(=O)O)c2cc(/C=C/c3cccc(C(F)(F)F)c3)ccc2n1. The minimum absolute atomic E-state index is 0.0935. The van der Waals surface area contributed by atoms with Crippen molar-refractivity contribution in [2.75, 3.05) is 13.7 Å². The summed E-state index contributed by atoms with van der Waals surface area (Å²) in [6.45, 7) is 0.188. The quantitative estimate of drug-likeness (QED) is 0.227. The minimum Gasteiger partial charge on any atom is -0.508 e. The van der Waals surface area contributed by atoms with Gasteiger partial charge in [0.25, 0.3) is 5.91 Å². The van der Waals surface area contributed by atoms with Gasteiger partial charge in [0.15, 0.2) is 0 Å². The molecule has 0 bridgehead atoms. The van der Waals surface area contributed by atoms with Crippen molar-refractivity contribution in [2.45, 2.75) is 18.6 Å². The molecule has 0 fully saturated rings. The van der Waals surface area contributed by atoms with Crippen LogP contribution < -0.4 is 5.32 Å². The number of aromatic nitrogens is 1. The number of hydrogen-bond donors (Lipinski definition) is 3. The maximum Gasteiger partial charge on any atom is 0.416 e. The third kappa shape index (κ3) is 7.03. The Bertz CT molecular complexity index is 1570. The molecule has 206 valence electrons. The molecule has 0 saturated carbocycles. The molecule has 1 heterocycles. The number of carboxylic acids is 1. The smallest absolute Gasteiger partial charge is 0.416 e. The molecule has 0 aliphatic carbocycles. The fourth-order valence-corrected chi connectivity index (χ4v) is 4.18. The number of pyridine rings is 1. The van der Waals surface area contributed by atoms with Gasteiger partial charge in [-0.05, 0) is 65.6 Å². The zero-order valence-corrected chi connectivity index (χ0v) is 21.3. The number of aromatic carboxylic acids is 1. The molecule has 0 unspecified atom stereocenters. The Morgan fingerprint density at radius 2 is 1.70 bits per heavy atom. The number of carbonyl (C=O) groups excluding carboxylic acids is 1. The summed E-state index contributed by atoms with van der Waals surface area (Å²) in [5, 5.41) is 22.4. The Hall–Kier alpha value is -4.70. The van der Waals surface area contributed by atoms with Crippen LogP contribution >= 0.6 is 0 Å². The van der Waals surface area contributed by atoms with Crippen LogP contribution in [0.5, 0.6) is 5.75 Å². The van der Waals surface area contributed by atoms with E-state index in [2.05, 4.69) is 10.3 Å². The lowest BCUT2D eigenvalue weighted by atomic mass is 10.0. The normalized spacial score (nSPS) is 12.5. The van der Waals surface area contributed by atoms with Crippen LogP contribution in [-0.2, 0) is 17.3 Å². The van der Waals surface area contributed by atoms with Crippen molar-refractivity contribution in [3.8, 4) is 5.75 Å². The Balaban J connectivity index is 1.59. The van der Waals surface area contributed by atoms with E-state index in [1.165, 1.54) is 43.5 Å². The summed E-state index contributed by atoms with van der Waals surface area (Å²) in [5.74, 6) is -1.73. The first-order valence-electron chi connectivity index (χ1n) is 12.1. The van der Waals surface area contributed by atoms with Crippen molar-refractivity contribution in [1.82, 2.24) is 10.3 Å². The molecule has 4 rings (SSSR count). The van der Waals surface area contributed by atoms with Gasteiger partial charge in [-0.2, -0.15) is 13.2 Å². The second kappa shape index (κ2) is 12.0. The van der Waals surface area contributed by atoms with Crippen LogP contribution in [0, 0.1) is 0 Å². The average molecular weight is 551 g/mol. The van der Waals surface area contributed by atoms with E-state index in [0.29, 0.717) is 17.5 Å². The van der Waals surface area contributed by atoms with Crippen LogP contribution in [0.2, 0.25) is 0 Å². The summed E-state index contributed by atoms with van der Waals surface area (Å²) in [7, 11) is 1.49. The number of carboxylic acid groups (broad SMARTS) is 1. The number of amides is 1. The summed E-state index contributed by atoms with van der Waals surface area (Å²) in [6.07, 6.45) is -0.995. The largest absolute Gasteiger partial charge is 0.508 e. The Morgan fingerprint density at radius 1 is 1.00 bits per heavy atom. The molecule has 3 aromatic carbocycles. The van der Waals surface area contributed by atoms with E-state index in [1.54, 1.807) is 36.4 Å². The number of ether oxygens (including phenoxy) is 1. The van der Waals surface area contributed by atoms with Gasteiger partial charge >= 0.3 is 12.1 Å². The van der Waals surface area contributed by atoms with Crippen molar-refractivity contribution in [3.63, 3.8) is 0 Å². The van der Waals surface area contributed by atoms with E-state index in [-0.39, 0.29) is 34.5 Å². The van der Waals surface area contributed by atoms with Crippen LogP contribution in [0.25, 0.3) is 23.1 Å². The zero-order valence-electron chi connectivity index (χ0n) is 21.3. The summed E-state index contributed by atoms with van der Waals surface area (Å²) < 4.78 is 44.2. The van der Waals surface area contributed by atoms with E-state index >= 15 is 0 Å². The lowest BCUT2D eigenvalue weighted by Gasteiger charge is -2.18. The van der Waals surface area contributed by atoms with Crippen molar-refractivity contribution in [3.05, 3.63) is 106 Å². The molecule has 0 spiro atoms. The van der Waals surface area contributed by atoms with Gasteiger partial charge in [-0.25, -0.2) is 9.78 Å². The Kier molecular flexibility index (Phi) is 8.49. The third-order valence-corrected chi connectivity index (χ3v) is 6.10. The topological polar surface area (TPSA) is 109 Å². The number of nitrogens with zero attached hydrogens (tertiary/aromatic N) is 1. The molecule has 1 aromatic heterocycles. The van der Waals surface area contributed by atoms with Crippen molar-refractivity contribution < 1.29 is 37.7 Å². The molecule has 0 saturated heterocycles. The van der Waals surface area contributed by atoms with Crippen molar-refractivity contribution >= 4 is 34.9 Å². The highest BCUT2D eigenvalue weighted by Gasteiger charge is 2.30. The number of alkyl halides is 3. The molecule has 40 heavy (non-hydrogen) atoms. The van der Waals surface area contributed by atoms with Crippen molar-refractivity contribution in [2.24, 2.45) is 0 Å². The number of methoxy groups -OCH3 is 1. The number of nitrogens with one attached hydrogen (secondary N) is 1. The maximum atomic E-state index is 13.1. The highest BCUT2D eigenvalue weighted by atomic mass is 19.4. The van der Waals surface area contributed by atoms with Gasteiger partial charge in [0.1, 0.15) is 11.4 Å². The summed E-state index contributed by atoms with van der Waals surface area (Å²) in [6, 6.07) is 16.8. The lowest BCUT2D eigenvalue weighted by Crippen LogP contribution is -2.40. The minimum atomic E-state index is -4.46. The fourth-order valence-electron chi connectivity index (χ4n) is 4.18. The molecule has 1 amide bonds. The number of benzene rings is 3. The first-order chi connectivity index (χ1) is 19.0. The van der Waals surface area contributed by atoms with Gasteiger partial charge in [-0.3, -0.25) is 4.79 Å². The first kappa shape index (κ1) is 28.3. The second-order valence-corrected chi connectivity index (χ2v) is 9.09. The summed E-state index contributed by atoms with van der Waals surface area (Å²) in [5.41, 5.74) is 0.978. The van der Waals surface area contributed by atoms with Gasteiger partial charge in [-0.1, -0.05) is 42.5 Å². The van der Waals surface area contributed by atoms with Gasteiger partial charge in [0.05, 0.1) is 29.3 Å². The highest BCUT2D eigenvalue weighted by molar-refractivity contribution is 6.06. The molecule has 0 radical (unpaired) electrons. The standard InChI is InChI=1S/C30H25F3N2O5/c1-40-17-22(14-19-7-10-23(36)11-8-19)34-28(37)27-16-25(29(38)39)24-15-20(9-12-26(24)35-27)6-5-18-3-2-4-21(13-18)30(31,32)33/h2-13,15-16,22,36H,14,17H2,1H3,(H,34,37)(H,38,39)/b6-5+/t22-/m1/s1. The number of carbonyl (C=O) groups is 2. The van der Waals surface area contributed by atoms with Crippen LogP contribution in [0.3, 0.4) is 0 Å². The van der Waals surface area contributed by atoms with Crippen molar-refractivity contribution in [1.29, 1.82) is 0 Å². The number of halogens is 3. The van der Waals surface area contributed by atoms with Gasteiger partial charge < -0.3 is 20.3 Å². The number of hydrogen-bond acceptors (Lipinski definition) is 5. The second-order valence-electron chi connectivity index (χ2n) is 9.09. The average Bonchev–Trinajstić information content (AvgIpc) is 2.92. The van der Waals surface area contributed by atoms with Gasteiger partial charge in [0, 0.05) is 12.5 Å². The fraction of sp³-hybridized carbons (Fsp3) is 0.167. The van der Waals surface area contributed by atoms with Crippen LogP contribution in [0.4, 0.5) is 13.2 Å². The van der Waals surface area contributed by atoms with E-state index in [0.717, 1.165) is 17.7 Å². The maximum absolute atomic E-state index is 13.1. The summed E-state index contributed by atoms with van der Waals surface area (Å²) >= 11 is 0. The predicted octanol–water partition coefficient (Wildman–Crippen LogP) is 5.82. The predicted molar refractivity (Wildman–Crippen MR) is 144 cm³/mol. The third-order valence-electron chi connectivity index (χ3n) is 6.10. The number of phenols is 1. The van der Waals surface area contributed by atoms with E-state index in [4.69, 9.17) is 4.74 Å². The summed E-state index contributed by atoms with van der Waals surface area (Å²) in [4.78, 5) is 29.5. The molecule has 4 aromatic rings. The number of phenolic OH excluding ortho intramolecular Hbond substituents is 1. The lowest BCUT2D eigenvalue weighted by molar-refractivity contribution is -0.137. The van der Waals surface area contributed by atoms with Gasteiger partial charge in [0.2, 0.25) is 0 Å². The van der Waals surface area contributed by atoms with Crippen LogP contribution in [-0.4, -0.2) is 46.8 Å². The number of rotatable bonds is 9. The molecule has 1 atom stereocenters. The number of aromatic hydroxyl groups is 1. The van der Waals surface area contributed by atoms with Gasteiger partial charge in [-0.15, -0.1) is 0 Å². The Morgan fingerprint density at radius 3 is 2.35 bits per heavy atom. The van der Waals surface area contributed by atoms with Crippen LogP contribution in [0.15, 0.2) is 72.8 Å². The molecular weight excluding hydrogens is 525 g/mol. The zero-order chi connectivity index (χ0) is 28.9. The molecule has 7 nitrogen and oxygen atoms in total. The highest BCUT2D eigenvalue weighted by Crippen LogP contribution is 2.30. The Labute approximate surface area is 227 Å².